The fourth-order valence-corrected chi connectivity index (χ4v) is 2.91. The zero-order chi connectivity index (χ0) is 14.4. The van der Waals surface area contributed by atoms with Gasteiger partial charge in [-0.3, -0.25) is 4.90 Å². The Hall–Kier alpha value is -1.28. The van der Waals surface area contributed by atoms with E-state index in [0.29, 0.717) is 0 Å². The Bertz CT molecular complexity index is 486. The third kappa shape index (κ3) is 3.06. The van der Waals surface area contributed by atoms with Crippen molar-refractivity contribution in [2.45, 2.75) is 5.54 Å². The van der Waals surface area contributed by atoms with E-state index in [0.717, 1.165) is 31.7 Å². The summed E-state index contributed by atoms with van der Waals surface area (Å²) >= 11 is 1.63. The molecule has 1 atom stereocenters. The predicted octanol–water partition coefficient (Wildman–Crippen LogP) is 2.53. The number of benzene rings is 1. The number of piperazine rings is 1. The number of likely N-dealkylation sites (N-methyl/N-ethyl adjacent to an activating group) is 1. The number of nitriles is 1. The quantitative estimate of drug-likeness (QED) is 0.851. The van der Waals surface area contributed by atoms with E-state index in [1.54, 1.807) is 11.8 Å². The first-order valence-electron chi connectivity index (χ1n) is 6.84. The number of thioether (sulfide) groups is 1. The minimum Gasteiger partial charge on any atom is -0.304 e. The molecule has 3 nitrogen and oxygen atoms in total. The lowest BCUT2D eigenvalue weighted by atomic mass is 9.89. The largest absolute Gasteiger partial charge is 0.304 e. The Morgan fingerprint density at radius 1 is 1.20 bits per heavy atom. The second-order valence-corrected chi connectivity index (χ2v) is 5.82. The van der Waals surface area contributed by atoms with Crippen molar-refractivity contribution in [1.82, 2.24) is 9.80 Å². The number of hydrogen-bond donors (Lipinski definition) is 0. The van der Waals surface area contributed by atoms with Gasteiger partial charge in [-0.05, 0) is 30.4 Å². The van der Waals surface area contributed by atoms with Gasteiger partial charge in [-0.2, -0.15) is 5.26 Å². The highest BCUT2D eigenvalue weighted by Gasteiger charge is 2.37. The maximum absolute atomic E-state index is 9.91. The molecule has 1 heterocycles. The molecule has 0 aromatic heterocycles. The molecule has 0 spiro atoms. The van der Waals surface area contributed by atoms with Crippen LogP contribution in [-0.2, 0) is 5.54 Å². The SMILES string of the molecule is CS/C=C/C(C#N)(c1ccccc1)N1CCN(C)CC1. The number of nitrogens with zero attached hydrogens (tertiary/aromatic N) is 3. The average molecular weight is 287 g/mol. The monoisotopic (exact) mass is 287 g/mol. The Morgan fingerprint density at radius 3 is 2.40 bits per heavy atom. The molecule has 4 heteroatoms. The van der Waals surface area contributed by atoms with Crippen LogP contribution in [0, 0.1) is 11.3 Å². The van der Waals surface area contributed by atoms with Gasteiger partial charge < -0.3 is 4.90 Å². The van der Waals surface area contributed by atoms with E-state index >= 15 is 0 Å². The van der Waals surface area contributed by atoms with Gasteiger partial charge in [-0.1, -0.05) is 30.3 Å². The molecule has 20 heavy (non-hydrogen) atoms. The van der Waals surface area contributed by atoms with Gasteiger partial charge >= 0.3 is 0 Å². The standard InChI is InChI=1S/C16H21N3S/c1-18-9-11-19(12-10-18)16(14-17,8-13-20-2)15-6-4-3-5-7-15/h3-8,13H,9-12H2,1-2H3/b13-8+. The average Bonchev–Trinajstić information content (AvgIpc) is 2.51. The van der Waals surface area contributed by atoms with Crippen LogP contribution in [0.15, 0.2) is 41.8 Å². The van der Waals surface area contributed by atoms with Crippen molar-refractivity contribution in [1.29, 1.82) is 5.26 Å². The van der Waals surface area contributed by atoms with E-state index in [1.165, 1.54) is 0 Å². The molecule has 0 bridgehead atoms. The van der Waals surface area contributed by atoms with Crippen LogP contribution < -0.4 is 0 Å². The zero-order valence-electron chi connectivity index (χ0n) is 12.1. The maximum Gasteiger partial charge on any atom is 0.154 e. The van der Waals surface area contributed by atoms with Gasteiger partial charge in [-0.25, -0.2) is 0 Å². The molecule has 0 radical (unpaired) electrons. The summed E-state index contributed by atoms with van der Waals surface area (Å²) in [7, 11) is 2.13. The van der Waals surface area contributed by atoms with Crippen LogP contribution in [0.4, 0.5) is 0 Å². The van der Waals surface area contributed by atoms with E-state index in [9.17, 15) is 5.26 Å². The first kappa shape index (κ1) is 15.1. The summed E-state index contributed by atoms with van der Waals surface area (Å²) in [6.07, 6.45) is 4.06. The Labute approximate surface area is 125 Å². The summed E-state index contributed by atoms with van der Waals surface area (Å²) in [5, 5.41) is 11.9. The summed E-state index contributed by atoms with van der Waals surface area (Å²) in [6, 6.07) is 12.7. The third-order valence-corrected chi connectivity index (χ3v) is 4.24. The van der Waals surface area contributed by atoms with Crippen molar-refractivity contribution in [3.8, 4) is 6.07 Å². The van der Waals surface area contributed by atoms with Crippen LogP contribution in [0.3, 0.4) is 0 Å². The van der Waals surface area contributed by atoms with Gasteiger partial charge in [0.15, 0.2) is 5.54 Å². The van der Waals surface area contributed by atoms with Crippen LogP contribution >= 0.6 is 11.8 Å². The predicted molar refractivity (Wildman–Crippen MR) is 85.5 cm³/mol. The van der Waals surface area contributed by atoms with E-state index in [-0.39, 0.29) is 0 Å². The van der Waals surface area contributed by atoms with E-state index < -0.39 is 5.54 Å². The highest BCUT2D eigenvalue weighted by atomic mass is 32.2. The van der Waals surface area contributed by atoms with Crippen LogP contribution in [0.1, 0.15) is 5.56 Å². The Balaban J connectivity index is 2.38. The Morgan fingerprint density at radius 2 is 1.85 bits per heavy atom. The maximum atomic E-state index is 9.91. The number of rotatable bonds is 4. The fraction of sp³-hybridized carbons (Fsp3) is 0.438. The first-order valence-corrected chi connectivity index (χ1v) is 8.12. The Kier molecular flexibility index (Phi) is 5.24. The highest BCUT2D eigenvalue weighted by molar-refractivity contribution is 8.01. The second kappa shape index (κ2) is 6.94. The third-order valence-electron chi connectivity index (χ3n) is 3.83. The molecule has 1 aromatic carbocycles. The molecule has 1 saturated heterocycles. The normalized spacial score (nSPS) is 20.6. The molecule has 1 fully saturated rings. The molecule has 0 N–H and O–H groups in total. The van der Waals surface area contributed by atoms with Crippen LogP contribution in [0.25, 0.3) is 0 Å². The molecule has 1 aliphatic heterocycles. The van der Waals surface area contributed by atoms with Crippen LogP contribution in [0.5, 0.6) is 0 Å². The summed E-state index contributed by atoms with van der Waals surface area (Å²) in [4.78, 5) is 4.59. The molecular formula is C16H21N3S. The van der Waals surface area contributed by atoms with E-state index in [1.807, 2.05) is 48.1 Å². The summed E-state index contributed by atoms with van der Waals surface area (Å²) < 4.78 is 0. The van der Waals surface area contributed by atoms with Crippen LogP contribution in [-0.4, -0.2) is 49.3 Å². The highest BCUT2D eigenvalue weighted by Crippen LogP contribution is 2.31. The lowest BCUT2D eigenvalue weighted by Gasteiger charge is -2.42. The molecule has 1 aromatic rings. The van der Waals surface area contributed by atoms with Crippen molar-refractivity contribution < 1.29 is 0 Å². The molecular weight excluding hydrogens is 266 g/mol. The van der Waals surface area contributed by atoms with Gasteiger partial charge in [-0.15, -0.1) is 11.8 Å². The molecule has 1 aliphatic rings. The van der Waals surface area contributed by atoms with Crippen molar-refractivity contribution in [2.75, 3.05) is 39.5 Å². The molecule has 1 unspecified atom stereocenters. The summed E-state index contributed by atoms with van der Waals surface area (Å²) in [5.74, 6) is 0. The lowest BCUT2D eigenvalue weighted by molar-refractivity contribution is 0.0979. The second-order valence-electron chi connectivity index (χ2n) is 5.07. The molecule has 0 amide bonds. The van der Waals surface area contributed by atoms with E-state index in [2.05, 4.69) is 22.9 Å². The van der Waals surface area contributed by atoms with Crippen LogP contribution in [0.2, 0.25) is 0 Å². The van der Waals surface area contributed by atoms with E-state index in [4.69, 9.17) is 0 Å². The van der Waals surface area contributed by atoms with Crippen molar-refractivity contribution >= 4 is 11.8 Å². The minimum absolute atomic E-state index is 0.647. The lowest BCUT2D eigenvalue weighted by Crippen LogP contribution is -2.53. The molecule has 106 valence electrons. The van der Waals surface area contributed by atoms with Crippen molar-refractivity contribution in [3.63, 3.8) is 0 Å². The molecule has 0 aliphatic carbocycles. The van der Waals surface area contributed by atoms with Gasteiger partial charge in [0, 0.05) is 26.2 Å². The van der Waals surface area contributed by atoms with Gasteiger partial charge in [0.25, 0.3) is 0 Å². The molecule has 0 saturated carbocycles. The summed E-state index contributed by atoms with van der Waals surface area (Å²) in [5.41, 5.74) is 0.406. The summed E-state index contributed by atoms with van der Waals surface area (Å²) in [6.45, 7) is 3.84. The van der Waals surface area contributed by atoms with Gasteiger partial charge in [0.2, 0.25) is 0 Å². The van der Waals surface area contributed by atoms with Crippen molar-refractivity contribution in [2.24, 2.45) is 0 Å². The molecule has 2 rings (SSSR count). The van der Waals surface area contributed by atoms with Gasteiger partial charge in [0.05, 0.1) is 6.07 Å². The first-order chi connectivity index (χ1) is 9.73. The van der Waals surface area contributed by atoms with Gasteiger partial charge in [0.1, 0.15) is 0 Å². The fourth-order valence-electron chi connectivity index (χ4n) is 2.57. The zero-order valence-corrected chi connectivity index (χ0v) is 12.9. The van der Waals surface area contributed by atoms with Crippen molar-refractivity contribution in [3.05, 3.63) is 47.4 Å². The minimum atomic E-state index is -0.647. The topological polar surface area (TPSA) is 30.3 Å². The number of hydrogen-bond acceptors (Lipinski definition) is 4. The smallest absolute Gasteiger partial charge is 0.154 e.